The Labute approximate surface area is 136 Å². The number of carbonyl (C=O) groups is 1. The van der Waals surface area contributed by atoms with Crippen LogP contribution in [0.5, 0.6) is 0 Å². The monoisotopic (exact) mass is 341 g/mol. The summed E-state index contributed by atoms with van der Waals surface area (Å²) >= 11 is 0. The van der Waals surface area contributed by atoms with E-state index >= 15 is 0 Å². The predicted molar refractivity (Wildman–Crippen MR) is 90.0 cm³/mol. The van der Waals surface area contributed by atoms with Crippen LogP contribution in [0.25, 0.3) is 0 Å². The lowest BCUT2D eigenvalue weighted by Crippen LogP contribution is -2.46. The molecule has 1 aliphatic rings. The number of hydrogen-bond acceptors (Lipinski definition) is 4. The fourth-order valence-electron chi connectivity index (χ4n) is 2.75. The molecule has 0 spiro atoms. The van der Waals surface area contributed by atoms with Crippen LogP contribution in [0.4, 0.5) is 16.2 Å². The van der Waals surface area contributed by atoms with Gasteiger partial charge in [-0.3, -0.25) is 4.72 Å². The Morgan fingerprint density at radius 3 is 2.52 bits per heavy atom. The van der Waals surface area contributed by atoms with Gasteiger partial charge in [-0.25, -0.2) is 13.2 Å². The Hall–Kier alpha value is -1.80. The average molecular weight is 341 g/mol. The van der Waals surface area contributed by atoms with E-state index in [9.17, 15) is 13.2 Å². The summed E-state index contributed by atoms with van der Waals surface area (Å²) in [5, 5.41) is 11.9. The zero-order valence-electron chi connectivity index (χ0n) is 13.2. The Balaban J connectivity index is 1.99. The van der Waals surface area contributed by atoms with Crippen LogP contribution < -0.4 is 10.0 Å². The summed E-state index contributed by atoms with van der Waals surface area (Å²) in [6.45, 7) is 0.754. The molecule has 0 saturated carbocycles. The molecule has 1 fully saturated rings. The van der Waals surface area contributed by atoms with Gasteiger partial charge in [0.05, 0.1) is 6.26 Å². The third kappa shape index (κ3) is 5.40. The largest absolute Gasteiger partial charge is 0.396 e. The van der Waals surface area contributed by atoms with Crippen molar-refractivity contribution in [3.05, 3.63) is 24.3 Å². The first-order valence-corrected chi connectivity index (χ1v) is 9.54. The number of aliphatic hydroxyl groups is 1. The first-order valence-electron chi connectivity index (χ1n) is 7.65. The van der Waals surface area contributed by atoms with Crippen LogP contribution in [0.3, 0.4) is 0 Å². The summed E-state index contributed by atoms with van der Waals surface area (Å²) < 4.78 is 24.7. The van der Waals surface area contributed by atoms with E-state index in [1.165, 1.54) is 0 Å². The lowest BCUT2D eigenvalue weighted by molar-refractivity contribution is 0.141. The van der Waals surface area contributed by atoms with Gasteiger partial charge in [0.2, 0.25) is 10.0 Å². The van der Waals surface area contributed by atoms with E-state index in [2.05, 4.69) is 10.0 Å². The molecule has 128 valence electrons. The molecule has 0 aliphatic carbocycles. The summed E-state index contributed by atoms with van der Waals surface area (Å²) in [6.07, 6.45) is 4.61. The Kier molecular flexibility index (Phi) is 5.84. The number of benzene rings is 1. The molecule has 8 heteroatoms. The van der Waals surface area contributed by atoms with Crippen molar-refractivity contribution >= 4 is 27.4 Å². The maximum absolute atomic E-state index is 12.4. The number of carbonyl (C=O) groups excluding carboxylic acids is 1. The number of piperidine rings is 1. The van der Waals surface area contributed by atoms with E-state index in [-0.39, 0.29) is 18.7 Å². The predicted octanol–water partition coefficient (Wildman–Crippen LogP) is 1.83. The van der Waals surface area contributed by atoms with E-state index in [4.69, 9.17) is 5.11 Å². The normalized spacial score (nSPS) is 18.5. The molecule has 1 atom stereocenters. The molecule has 1 unspecified atom stereocenters. The van der Waals surface area contributed by atoms with Crippen molar-refractivity contribution in [1.82, 2.24) is 4.90 Å². The number of sulfonamides is 1. The molecule has 1 aliphatic heterocycles. The summed E-state index contributed by atoms with van der Waals surface area (Å²) in [4.78, 5) is 14.2. The van der Waals surface area contributed by atoms with E-state index in [0.29, 0.717) is 24.3 Å². The zero-order chi connectivity index (χ0) is 16.9. The third-order valence-corrected chi connectivity index (χ3v) is 4.40. The number of aliphatic hydroxyl groups excluding tert-OH is 1. The summed E-state index contributed by atoms with van der Waals surface area (Å²) in [7, 11) is -3.31. The first kappa shape index (κ1) is 17.6. The van der Waals surface area contributed by atoms with Crippen LogP contribution in [-0.2, 0) is 10.0 Å². The zero-order valence-corrected chi connectivity index (χ0v) is 14.0. The van der Waals surface area contributed by atoms with E-state index in [0.717, 1.165) is 25.5 Å². The molecule has 1 heterocycles. The number of rotatable bonds is 5. The topological polar surface area (TPSA) is 98.7 Å². The van der Waals surface area contributed by atoms with Crippen LogP contribution in [0.15, 0.2) is 24.3 Å². The molecule has 2 amide bonds. The second kappa shape index (κ2) is 7.65. The molecule has 23 heavy (non-hydrogen) atoms. The summed E-state index contributed by atoms with van der Waals surface area (Å²) in [5.41, 5.74) is 1.05. The molecule has 1 saturated heterocycles. The quantitative estimate of drug-likeness (QED) is 0.761. The SMILES string of the molecule is CS(=O)(=O)Nc1ccc(NC(=O)N2CCCCC2CCO)cc1. The molecule has 0 radical (unpaired) electrons. The van der Waals surface area contributed by atoms with Gasteiger partial charge in [-0.15, -0.1) is 0 Å². The molecule has 2 rings (SSSR count). The van der Waals surface area contributed by atoms with E-state index in [1.54, 1.807) is 29.2 Å². The average Bonchev–Trinajstić information content (AvgIpc) is 2.48. The fraction of sp³-hybridized carbons (Fsp3) is 0.533. The molecule has 3 N–H and O–H groups in total. The Morgan fingerprint density at radius 1 is 1.26 bits per heavy atom. The molecular formula is C15H23N3O4S. The Morgan fingerprint density at radius 2 is 1.91 bits per heavy atom. The number of amides is 2. The third-order valence-electron chi connectivity index (χ3n) is 3.79. The van der Waals surface area contributed by atoms with Gasteiger partial charge < -0.3 is 15.3 Å². The molecule has 0 bridgehead atoms. The van der Waals surface area contributed by atoms with Crippen LogP contribution in [-0.4, -0.2) is 49.9 Å². The molecular weight excluding hydrogens is 318 g/mol. The fourth-order valence-corrected chi connectivity index (χ4v) is 3.31. The molecule has 1 aromatic rings. The highest BCUT2D eigenvalue weighted by Gasteiger charge is 2.26. The number of likely N-dealkylation sites (tertiary alicyclic amines) is 1. The van der Waals surface area contributed by atoms with Gasteiger partial charge in [0.1, 0.15) is 0 Å². The summed E-state index contributed by atoms with van der Waals surface area (Å²) in [6, 6.07) is 6.37. The van der Waals surface area contributed by atoms with E-state index in [1.807, 2.05) is 0 Å². The van der Waals surface area contributed by atoms with Gasteiger partial charge in [0, 0.05) is 30.6 Å². The van der Waals surface area contributed by atoms with E-state index < -0.39 is 10.0 Å². The van der Waals surface area contributed by atoms with Gasteiger partial charge in [0.15, 0.2) is 0 Å². The second-order valence-corrected chi connectivity index (χ2v) is 7.49. The lowest BCUT2D eigenvalue weighted by atomic mass is 10.0. The lowest BCUT2D eigenvalue weighted by Gasteiger charge is -2.35. The highest BCUT2D eigenvalue weighted by Crippen LogP contribution is 2.21. The van der Waals surface area contributed by atoms with Crippen molar-refractivity contribution in [1.29, 1.82) is 0 Å². The minimum Gasteiger partial charge on any atom is -0.396 e. The molecule has 0 aromatic heterocycles. The van der Waals surface area contributed by atoms with Gasteiger partial charge in [0.25, 0.3) is 0 Å². The van der Waals surface area contributed by atoms with Crippen molar-refractivity contribution in [3.63, 3.8) is 0 Å². The van der Waals surface area contributed by atoms with Gasteiger partial charge in [-0.2, -0.15) is 0 Å². The van der Waals surface area contributed by atoms with Crippen molar-refractivity contribution in [2.45, 2.75) is 31.7 Å². The van der Waals surface area contributed by atoms with Gasteiger partial charge in [-0.1, -0.05) is 0 Å². The number of nitrogens with zero attached hydrogens (tertiary/aromatic N) is 1. The number of urea groups is 1. The van der Waals surface area contributed by atoms with Crippen LogP contribution >= 0.6 is 0 Å². The Bertz CT molecular complexity index is 629. The van der Waals surface area contributed by atoms with Crippen molar-refractivity contribution in [3.8, 4) is 0 Å². The second-order valence-electron chi connectivity index (χ2n) is 5.74. The summed E-state index contributed by atoms with van der Waals surface area (Å²) in [5.74, 6) is 0. The van der Waals surface area contributed by atoms with Crippen molar-refractivity contribution in [2.75, 3.05) is 29.4 Å². The molecule has 1 aromatic carbocycles. The minimum absolute atomic E-state index is 0.0694. The van der Waals surface area contributed by atoms with Crippen LogP contribution in [0.2, 0.25) is 0 Å². The van der Waals surface area contributed by atoms with Crippen LogP contribution in [0, 0.1) is 0 Å². The standard InChI is InChI=1S/C15H23N3O4S/c1-23(21,22)17-13-7-5-12(6-8-13)16-15(20)18-10-3-2-4-14(18)9-11-19/h5-8,14,17,19H,2-4,9-11H2,1H3,(H,16,20). The minimum atomic E-state index is -3.31. The van der Waals surface area contributed by atoms with Gasteiger partial charge in [-0.05, 0) is 49.9 Å². The van der Waals surface area contributed by atoms with Gasteiger partial charge >= 0.3 is 6.03 Å². The first-order chi connectivity index (χ1) is 10.9. The highest BCUT2D eigenvalue weighted by atomic mass is 32.2. The number of nitrogens with one attached hydrogen (secondary N) is 2. The smallest absolute Gasteiger partial charge is 0.322 e. The maximum atomic E-state index is 12.4. The van der Waals surface area contributed by atoms with Crippen molar-refractivity contribution in [2.24, 2.45) is 0 Å². The van der Waals surface area contributed by atoms with Crippen LogP contribution in [0.1, 0.15) is 25.7 Å². The highest BCUT2D eigenvalue weighted by molar-refractivity contribution is 7.92. The molecule has 7 nitrogen and oxygen atoms in total. The van der Waals surface area contributed by atoms with Crippen molar-refractivity contribution < 1.29 is 18.3 Å². The number of anilines is 2. The number of hydrogen-bond donors (Lipinski definition) is 3. The maximum Gasteiger partial charge on any atom is 0.322 e.